The monoisotopic (exact) mass is 261 g/mol. The van der Waals surface area contributed by atoms with Gasteiger partial charge in [0.2, 0.25) is 0 Å². The molecule has 0 fully saturated rings. The second-order valence-electron chi connectivity index (χ2n) is 4.28. The van der Waals surface area contributed by atoms with Gasteiger partial charge in [0.1, 0.15) is 0 Å². The molecule has 0 radical (unpaired) electrons. The van der Waals surface area contributed by atoms with Gasteiger partial charge < -0.3 is 11.5 Å². The molecule has 0 saturated carbocycles. The summed E-state index contributed by atoms with van der Waals surface area (Å²) in [6, 6.07) is 0. The highest BCUT2D eigenvalue weighted by atomic mass is 14.7. The van der Waals surface area contributed by atoms with Crippen LogP contribution in [0, 0.1) is 0 Å². The molecule has 0 atom stereocenters. The topological polar surface area (TPSA) is 64.4 Å². The van der Waals surface area contributed by atoms with Gasteiger partial charge in [-0.15, -0.1) is 0 Å². The Hall–Kier alpha value is -1.45. The zero-order valence-corrected chi connectivity index (χ0v) is 12.2. The van der Waals surface area contributed by atoms with E-state index in [0.29, 0.717) is 13.1 Å². The van der Waals surface area contributed by atoms with Crippen LogP contribution >= 0.6 is 0 Å². The lowest BCUT2D eigenvalue weighted by molar-refractivity contribution is 0.946. The van der Waals surface area contributed by atoms with Crippen molar-refractivity contribution in [3.05, 3.63) is 47.2 Å². The number of rotatable bonds is 9. The Morgan fingerprint density at radius 1 is 1.16 bits per heavy atom. The molecule has 0 unspecified atom stereocenters. The molecule has 106 valence electrons. The number of aliphatic imine (C=N–C) groups is 1. The zero-order valence-electron chi connectivity index (χ0n) is 12.2. The highest BCUT2D eigenvalue weighted by Crippen LogP contribution is 2.11. The van der Waals surface area contributed by atoms with Gasteiger partial charge in [-0.25, -0.2) is 0 Å². The number of nitrogens with two attached hydrogens (primary N) is 2. The van der Waals surface area contributed by atoms with E-state index in [1.807, 2.05) is 31.2 Å². The van der Waals surface area contributed by atoms with Gasteiger partial charge in [-0.2, -0.15) is 0 Å². The van der Waals surface area contributed by atoms with E-state index >= 15 is 0 Å². The Morgan fingerprint density at radius 3 is 2.42 bits per heavy atom. The summed E-state index contributed by atoms with van der Waals surface area (Å²) in [4.78, 5) is 3.98. The molecule has 0 aliphatic heterocycles. The standard InChI is InChI=1S/C16H27N3/c1-4-5-8-15(13-18)10-11-16(14(2)19-3)9-6-7-12-17/h6,8-11H,3-5,7,12-13,17-18H2,1-2H3. The van der Waals surface area contributed by atoms with E-state index in [2.05, 4.69) is 24.7 Å². The number of hydrogen-bond acceptors (Lipinski definition) is 3. The molecule has 3 heteroatoms. The summed E-state index contributed by atoms with van der Waals surface area (Å²) in [5.41, 5.74) is 14.3. The predicted molar refractivity (Wildman–Crippen MR) is 86.2 cm³/mol. The molecule has 0 aliphatic rings. The van der Waals surface area contributed by atoms with Crippen LogP contribution in [0.5, 0.6) is 0 Å². The quantitative estimate of drug-likeness (QED) is 0.495. The van der Waals surface area contributed by atoms with E-state index in [0.717, 1.165) is 36.1 Å². The van der Waals surface area contributed by atoms with Gasteiger partial charge in [0.15, 0.2) is 0 Å². The molecule has 0 heterocycles. The van der Waals surface area contributed by atoms with Crippen LogP contribution in [0.15, 0.2) is 52.2 Å². The number of hydrogen-bond donors (Lipinski definition) is 2. The van der Waals surface area contributed by atoms with Crippen molar-refractivity contribution in [1.29, 1.82) is 0 Å². The van der Waals surface area contributed by atoms with Crippen molar-refractivity contribution in [3.8, 4) is 0 Å². The average molecular weight is 261 g/mol. The van der Waals surface area contributed by atoms with Crippen molar-refractivity contribution >= 4 is 6.72 Å². The van der Waals surface area contributed by atoms with E-state index in [-0.39, 0.29) is 0 Å². The molecule has 0 saturated heterocycles. The third-order valence-electron chi connectivity index (χ3n) is 2.69. The first-order chi connectivity index (χ1) is 9.19. The van der Waals surface area contributed by atoms with Gasteiger partial charge in [0.25, 0.3) is 0 Å². The molecule has 0 rings (SSSR count). The molecule has 0 amide bonds. The number of unbranched alkanes of at least 4 members (excludes halogenated alkanes) is 1. The maximum absolute atomic E-state index is 5.72. The molecule has 0 aliphatic carbocycles. The molecule has 19 heavy (non-hydrogen) atoms. The SMILES string of the molecule is C=NC(C)=C(C=CCCN)C=CC(=CCCC)CN. The molecule has 0 aromatic carbocycles. The minimum Gasteiger partial charge on any atom is -0.330 e. The van der Waals surface area contributed by atoms with Crippen molar-refractivity contribution in [2.45, 2.75) is 33.1 Å². The van der Waals surface area contributed by atoms with Crippen LogP contribution in [-0.4, -0.2) is 19.8 Å². The van der Waals surface area contributed by atoms with Gasteiger partial charge in [-0.1, -0.05) is 43.7 Å². The maximum Gasteiger partial charge on any atom is 0.0437 e. The van der Waals surface area contributed by atoms with Gasteiger partial charge >= 0.3 is 0 Å². The molecule has 0 aromatic rings. The Labute approximate surface area is 117 Å². The second-order valence-corrected chi connectivity index (χ2v) is 4.28. The summed E-state index contributed by atoms with van der Waals surface area (Å²) in [5.74, 6) is 0. The normalized spacial score (nSPS) is 14.2. The Kier molecular flexibility index (Phi) is 10.7. The van der Waals surface area contributed by atoms with E-state index in [1.54, 1.807) is 0 Å². The zero-order chi connectivity index (χ0) is 14.5. The summed E-state index contributed by atoms with van der Waals surface area (Å²) in [6.07, 6.45) is 13.4. The smallest absolute Gasteiger partial charge is 0.0437 e. The number of nitrogens with zero attached hydrogens (tertiary/aromatic N) is 1. The Bertz CT molecular complexity index is 373. The fourth-order valence-corrected chi connectivity index (χ4v) is 1.44. The third-order valence-corrected chi connectivity index (χ3v) is 2.69. The van der Waals surface area contributed by atoms with E-state index in [4.69, 9.17) is 11.5 Å². The molecule has 0 aromatic heterocycles. The van der Waals surface area contributed by atoms with E-state index in [9.17, 15) is 0 Å². The molecule has 0 bridgehead atoms. The maximum atomic E-state index is 5.72. The van der Waals surface area contributed by atoms with E-state index < -0.39 is 0 Å². The molecule has 0 spiro atoms. The van der Waals surface area contributed by atoms with Gasteiger partial charge in [-0.05, 0) is 44.2 Å². The fraction of sp³-hybridized carbons (Fsp3) is 0.438. The summed E-state index contributed by atoms with van der Waals surface area (Å²) in [5, 5.41) is 0. The lowest BCUT2D eigenvalue weighted by Gasteiger charge is -2.01. The first-order valence-electron chi connectivity index (χ1n) is 6.80. The summed E-state index contributed by atoms with van der Waals surface area (Å²) < 4.78 is 0. The van der Waals surface area contributed by atoms with Crippen molar-refractivity contribution in [2.24, 2.45) is 16.5 Å². The summed E-state index contributed by atoms with van der Waals surface area (Å²) in [7, 11) is 0. The summed E-state index contributed by atoms with van der Waals surface area (Å²) >= 11 is 0. The molecular formula is C16H27N3. The Balaban J connectivity index is 4.95. The summed E-state index contributed by atoms with van der Waals surface area (Å²) in [6.45, 7) is 8.87. The van der Waals surface area contributed by atoms with Crippen LogP contribution in [0.1, 0.15) is 33.1 Å². The minimum atomic E-state index is 0.552. The highest BCUT2D eigenvalue weighted by molar-refractivity contribution is 5.41. The predicted octanol–water partition coefficient (Wildman–Crippen LogP) is 3.11. The van der Waals surface area contributed by atoms with Crippen LogP contribution in [0.4, 0.5) is 0 Å². The minimum absolute atomic E-state index is 0.552. The van der Waals surface area contributed by atoms with Crippen LogP contribution in [0.25, 0.3) is 0 Å². The van der Waals surface area contributed by atoms with Gasteiger partial charge in [0.05, 0.1) is 0 Å². The molecule has 4 N–H and O–H groups in total. The highest BCUT2D eigenvalue weighted by Gasteiger charge is 1.94. The lowest BCUT2D eigenvalue weighted by atomic mass is 10.1. The van der Waals surface area contributed by atoms with Crippen LogP contribution in [-0.2, 0) is 0 Å². The fourth-order valence-electron chi connectivity index (χ4n) is 1.44. The van der Waals surface area contributed by atoms with E-state index in [1.165, 1.54) is 0 Å². The van der Waals surface area contributed by atoms with Crippen LogP contribution < -0.4 is 11.5 Å². The van der Waals surface area contributed by atoms with Crippen molar-refractivity contribution in [1.82, 2.24) is 0 Å². The second kappa shape index (κ2) is 11.6. The third kappa shape index (κ3) is 8.30. The average Bonchev–Trinajstić information content (AvgIpc) is 2.44. The number of allylic oxidation sites excluding steroid dienone is 5. The first-order valence-corrected chi connectivity index (χ1v) is 6.80. The van der Waals surface area contributed by atoms with Crippen LogP contribution in [0.3, 0.4) is 0 Å². The van der Waals surface area contributed by atoms with Crippen molar-refractivity contribution in [3.63, 3.8) is 0 Å². The molecule has 3 nitrogen and oxygen atoms in total. The van der Waals surface area contributed by atoms with Crippen LogP contribution in [0.2, 0.25) is 0 Å². The Morgan fingerprint density at radius 2 is 1.89 bits per heavy atom. The largest absolute Gasteiger partial charge is 0.330 e. The van der Waals surface area contributed by atoms with Crippen molar-refractivity contribution < 1.29 is 0 Å². The first kappa shape index (κ1) is 17.6. The lowest BCUT2D eigenvalue weighted by Crippen LogP contribution is -2.01. The van der Waals surface area contributed by atoms with Gasteiger partial charge in [-0.3, -0.25) is 4.99 Å². The van der Waals surface area contributed by atoms with Crippen molar-refractivity contribution in [2.75, 3.05) is 13.1 Å². The molecular weight excluding hydrogens is 234 g/mol. The van der Waals surface area contributed by atoms with Gasteiger partial charge in [0, 0.05) is 12.2 Å².